The number of fused-ring (bicyclic) bond motifs is 4. The van der Waals surface area contributed by atoms with Gasteiger partial charge in [0.1, 0.15) is 46.6 Å². The number of nitrogen functional groups attached to an aromatic ring is 1. The number of hydrogen-bond acceptors (Lipinski definition) is 6. The molecule has 2 fully saturated rings. The number of piperidine rings is 1. The minimum Gasteiger partial charge on any atom is -0.383 e. The highest BCUT2D eigenvalue weighted by atomic mass is 79.9. The molecule has 184 valence electrons. The van der Waals surface area contributed by atoms with Crippen LogP contribution in [0.4, 0.5) is 16.0 Å². The highest BCUT2D eigenvalue weighted by Crippen LogP contribution is 2.59. The van der Waals surface area contributed by atoms with Crippen molar-refractivity contribution in [2.75, 3.05) is 11.1 Å². The monoisotopic (exact) mass is 615 g/mol. The van der Waals surface area contributed by atoms with Crippen molar-refractivity contribution >= 4 is 77.2 Å². The fraction of sp³-hybridized carbons (Fsp3) is 0.292. The van der Waals surface area contributed by atoms with Crippen LogP contribution in [0.2, 0.25) is 0 Å². The Morgan fingerprint density at radius 2 is 2.06 bits per heavy atom. The van der Waals surface area contributed by atoms with Crippen LogP contribution < -0.4 is 11.1 Å². The van der Waals surface area contributed by atoms with Crippen LogP contribution in [-0.4, -0.2) is 48.3 Å². The van der Waals surface area contributed by atoms with E-state index >= 15 is 4.39 Å². The van der Waals surface area contributed by atoms with Gasteiger partial charge in [0.25, 0.3) is 0 Å². The van der Waals surface area contributed by atoms with E-state index in [2.05, 4.69) is 59.1 Å². The summed E-state index contributed by atoms with van der Waals surface area (Å²) in [6.07, 6.45) is 2.66. The standard InChI is InChI=1S/C24H20Br2FN7O2/c1-24-7-14(23(36)32-17-4-2-3-16(26)31-17)34(15(24)8-24)18(35)9-33-20-12(5-11(25)6-13(20)27)19-21(28)29-10-30-22(19)33/h2-6,10,14-15H,7-9H2,1H3,(H2,28,29,30)(H,31,32,36)/t14?,15-,24-/m0/s1. The third-order valence-electron chi connectivity index (χ3n) is 7.17. The SMILES string of the molecule is C[C@@]12CC(C(=O)Nc3cccc(Br)n3)N(C(=O)Cn3c4ncnc(N)c4c4cc(Br)cc(F)c43)[C@H]1C2. The van der Waals surface area contributed by atoms with Gasteiger partial charge in [-0.3, -0.25) is 9.59 Å². The van der Waals surface area contributed by atoms with Crippen LogP contribution in [0.15, 0.2) is 45.7 Å². The normalized spacial score (nSPS) is 22.7. The fourth-order valence-corrected chi connectivity index (χ4v) is 6.18. The van der Waals surface area contributed by atoms with Gasteiger partial charge in [0, 0.05) is 15.9 Å². The molecule has 12 heteroatoms. The molecule has 6 rings (SSSR count). The summed E-state index contributed by atoms with van der Waals surface area (Å²) in [4.78, 5) is 41.3. The molecule has 36 heavy (non-hydrogen) atoms. The molecule has 9 nitrogen and oxygen atoms in total. The smallest absolute Gasteiger partial charge is 0.248 e. The van der Waals surface area contributed by atoms with Crippen molar-refractivity contribution in [1.29, 1.82) is 0 Å². The molecular weight excluding hydrogens is 597 g/mol. The lowest BCUT2D eigenvalue weighted by Crippen LogP contribution is -2.46. The Morgan fingerprint density at radius 1 is 1.25 bits per heavy atom. The number of halogens is 3. The van der Waals surface area contributed by atoms with Gasteiger partial charge in [0.15, 0.2) is 0 Å². The van der Waals surface area contributed by atoms with Crippen molar-refractivity contribution in [3.63, 3.8) is 0 Å². The van der Waals surface area contributed by atoms with E-state index in [9.17, 15) is 9.59 Å². The molecule has 1 saturated heterocycles. The lowest BCUT2D eigenvalue weighted by atomic mass is 10.0. The minimum atomic E-state index is -0.659. The van der Waals surface area contributed by atoms with Crippen LogP contribution in [0.25, 0.3) is 21.9 Å². The maximum Gasteiger partial charge on any atom is 0.248 e. The number of carbonyl (C=O) groups excluding carboxylic acids is 2. The van der Waals surface area contributed by atoms with E-state index in [-0.39, 0.29) is 41.2 Å². The maximum absolute atomic E-state index is 15.2. The summed E-state index contributed by atoms with van der Waals surface area (Å²) in [7, 11) is 0. The van der Waals surface area contributed by atoms with Crippen LogP contribution in [0.3, 0.4) is 0 Å². The number of nitrogens with zero attached hydrogens (tertiary/aromatic N) is 5. The summed E-state index contributed by atoms with van der Waals surface area (Å²) in [6, 6.07) is 7.58. The van der Waals surface area contributed by atoms with Gasteiger partial charge in [0.2, 0.25) is 11.8 Å². The van der Waals surface area contributed by atoms with Crippen molar-refractivity contribution in [2.24, 2.45) is 5.41 Å². The molecule has 2 amide bonds. The maximum atomic E-state index is 15.2. The van der Waals surface area contributed by atoms with E-state index in [1.807, 2.05) is 0 Å². The van der Waals surface area contributed by atoms with Gasteiger partial charge in [-0.2, -0.15) is 0 Å². The summed E-state index contributed by atoms with van der Waals surface area (Å²) in [5, 5.41) is 3.82. The zero-order chi connectivity index (χ0) is 25.4. The van der Waals surface area contributed by atoms with E-state index < -0.39 is 11.9 Å². The van der Waals surface area contributed by atoms with Gasteiger partial charge >= 0.3 is 0 Å². The number of nitrogens with one attached hydrogen (secondary N) is 1. The van der Waals surface area contributed by atoms with Gasteiger partial charge in [-0.15, -0.1) is 0 Å². The quantitative estimate of drug-likeness (QED) is 0.331. The van der Waals surface area contributed by atoms with Crippen molar-refractivity contribution in [2.45, 2.75) is 38.4 Å². The summed E-state index contributed by atoms with van der Waals surface area (Å²) >= 11 is 6.62. The van der Waals surface area contributed by atoms with Crippen molar-refractivity contribution in [3.05, 3.63) is 51.6 Å². The second-order valence-corrected chi connectivity index (χ2v) is 11.3. The highest BCUT2D eigenvalue weighted by molar-refractivity contribution is 9.10. The number of nitrogens with two attached hydrogens (primary N) is 1. The number of amides is 2. The van der Waals surface area contributed by atoms with Crippen LogP contribution >= 0.6 is 31.9 Å². The molecule has 1 unspecified atom stereocenters. The summed E-state index contributed by atoms with van der Waals surface area (Å²) < 4.78 is 17.8. The molecule has 0 bridgehead atoms. The van der Waals surface area contributed by atoms with Crippen molar-refractivity contribution < 1.29 is 14.0 Å². The van der Waals surface area contributed by atoms with Crippen LogP contribution in [0, 0.1) is 11.2 Å². The van der Waals surface area contributed by atoms with E-state index in [1.165, 1.54) is 17.0 Å². The first-order valence-electron chi connectivity index (χ1n) is 11.3. The Balaban J connectivity index is 1.37. The number of rotatable bonds is 4. The molecule has 1 aliphatic heterocycles. The van der Waals surface area contributed by atoms with Gasteiger partial charge in [-0.25, -0.2) is 19.3 Å². The van der Waals surface area contributed by atoms with E-state index in [1.54, 1.807) is 29.2 Å². The van der Waals surface area contributed by atoms with Crippen LogP contribution in [0.5, 0.6) is 0 Å². The number of pyridine rings is 1. The third kappa shape index (κ3) is 3.65. The Kier molecular flexibility index (Phi) is 5.31. The highest BCUT2D eigenvalue weighted by Gasteiger charge is 2.64. The first kappa shape index (κ1) is 23.3. The number of likely N-dealkylation sites (tertiary alicyclic amines) is 1. The second-order valence-electron chi connectivity index (χ2n) is 9.56. The molecule has 0 spiro atoms. The number of carbonyl (C=O) groups is 2. The predicted octanol–water partition coefficient (Wildman–Crippen LogP) is 4.24. The zero-order valence-electron chi connectivity index (χ0n) is 19.0. The Hall–Kier alpha value is -3.12. The average Bonchev–Trinajstić information content (AvgIpc) is 3.21. The molecule has 1 saturated carbocycles. The van der Waals surface area contributed by atoms with Crippen molar-refractivity contribution in [3.8, 4) is 0 Å². The molecule has 2 aliphatic rings. The number of anilines is 2. The summed E-state index contributed by atoms with van der Waals surface area (Å²) in [5.74, 6) is -0.511. The minimum absolute atomic E-state index is 0.0528. The topological polar surface area (TPSA) is 119 Å². The van der Waals surface area contributed by atoms with Gasteiger partial charge in [0.05, 0.1) is 10.9 Å². The molecule has 0 radical (unpaired) electrons. The first-order chi connectivity index (χ1) is 17.2. The number of aromatic nitrogens is 4. The fourth-order valence-electron chi connectivity index (χ4n) is 5.41. The first-order valence-corrected chi connectivity index (χ1v) is 12.9. The van der Waals surface area contributed by atoms with Crippen LogP contribution in [0.1, 0.15) is 19.8 Å². The Bertz CT molecular complexity index is 1590. The molecule has 4 heterocycles. The summed E-state index contributed by atoms with van der Waals surface area (Å²) in [5.41, 5.74) is 6.58. The van der Waals surface area contributed by atoms with Gasteiger partial charge in [-0.05, 0) is 58.5 Å². The molecule has 1 aliphatic carbocycles. The Labute approximate surface area is 221 Å². The predicted molar refractivity (Wildman–Crippen MR) is 139 cm³/mol. The molecule has 3 aromatic heterocycles. The van der Waals surface area contributed by atoms with Gasteiger partial charge in [-0.1, -0.05) is 28.9 Å². The largest absolute Gasteiger partial charge is 0.383 e. The third-order valence-corrected chi connectivity index (χ3v) is 8.06. The second kappa shape index (κ2) is 8.20. The van der Waals surface area contributed by atoms with Gasteiger partial charge < -0.3 is 20.5 Å². The van der Waals surface area contributed by atoms with E-state index in [0.29, 0.717) is 37.7 Å². The molecule has 1 aromatic carbocycles. The van der Waals surface area contributed by atoms with E-state index in [0.717, 1.165) is 6.42 Å². The molecule has 3 N–H and O–H groups in total. The lowest BCUT2D eigenvalue weighted by Gasteiger charge is -2.27. The molecule has 4 aromatic rings. The van der Waals surface area contributed by atoms with Crippen molar-refractivity contribution in [1.82, 2.24) is 24.4 Å². The number of hydrogen-bond donors (Lipinski definition) is 2. The summed E-state index contributed by atoms with van der Waals surface area (Å²) in [6.45, 7) is 1.88. The number of benzene rings is 1. The van der Waals surface area contributed by atoms with E-state index in [4.69, 9.17) is 5.73 Å². The lowest BCUT2D eigenvalue weighted by molar-refractivity contribution is -0.138. The molecule has 3 atom stereocenters. The van der Waals surface area contributed by atoms with Crippen LogP contribution in [-0.2, 0) is 16.1 Å². The zero-order valence-corrected chi connectivity index (χ0v) is 22.2. The molecular formula is C24H20Br2FN7O2. The Morgan fingerprint density at radius 3 is 2.83 bits per heavy atom. The average molecular weight is 617 g/mol.